The molecule has 16 heavy (non-hydrogen) atoms. The molecule has 0 radical (unpaired) electrons. The molecule has 1 atom stereocenters. The molecule has 5 nitrogen and oxygen atoms in total. The number of nitrogens with zero attached hydrogens (tertiary/aromatic N) is 2. The van der Waals surface area contributed by atoms with E-state index in [4.69, 9.17) is 15.2 Å². The van der Waals surface area contributed by atoms with E-state index in [1.165, 1.54) is 0 Å². The van der Waals surface area contributed by atoms with Crippen LogP contribution in [0.2, 0.25) is 0 Å². The zero-order valence-electron chi connectivity index (χ0n) is 9.69. The first-order chi connectivity index (χ1) is 7.66. The Kier molecular flexibility index (Phi) is 3.24. The fraction of sp³-hybridized carbons (Fsp3) is 0.636. The quantitative estimate of drug-likeness (QED) is 0.834. The molecule has 2 rings (SSSR count). The molecule has 0 aromatic carbocycles. The Morgan fingerprint density at radius 2 is 2.25 bits per heavy atom. The van der Waals surface area contributed by atoms with Gasteiger partial charge in [0.15, 0.2) is 0 Å². The lowest BCUT2D eigenvalue weighted by Gasteiger charge is -2.13. The van der Waals surface area contributed by atoms with Crippen molar-refractivity contribution in [3.63, 3.8) is 0 Å². The molecule has 1 aliphatic heterocycles. The summed E-state index contributed by atoms with van der Waals surface area (Å²) < 4.78 is 11.1. The molecule has 1 aliphatic rings. The molecule has 5 heteroatoms. The van der Waals surface area contributed by atoms with Gasteiger partial charge in [-0.1, -0.05) is 0 Å². The van der Waals surface area contributed by atoms with Crippen molar-refractivity contribution in [1.82, 2.24) is 9.97 Å². The highest BCUT2D eigenvalue weighted by atomic mass is 16.5. The van der Waals surface area contributed by atoms with Gasteiger partial charge in [-0.2, -0.15) is 4.98 Å². The molecular formula is C11H17N3O2. The van der Waals surface area contributed by atoms with Crippen molar-refractivity contribution < 1.29 is 9.47 Å². The molecule has 0 bridgehead atoms. The van der Waals surface area contributed by atoms with Crippen molar-refractivity contribution in [2.45, 2.75) is 32.8 Å². The largest absolute Gasteiger partial charge is 0.475 e. The molecule has 2 N–H and O–H groups in total. The third kappa shape index (κ3) is 2.41. The van der Waals surface area contributed by atoms with Crippen LogP contribution in [0.25, 0.3) is 0 Å². The van der Waals surface area contributed by atoms with E-state index < -0.39 is 0 Å². The molecule has 88 valence electrons. The van der Waals surface area contributed by atoms with Gasteiger partial charge in [0.2, 0.25) is 5.88 Å². The first kappa shape index (κ1) is 11.1. The van der Waals surface area contributed by atoms with Crippen LogP contribution < -0.4 is 10.5 Å². The van der Waals surface area contributed by atoms with Gasteiger partial charge in [-0.25, -0.2) is 4.98 Å². The summed E-state index contributed by atoms with van der Waals surface area (Å²) >= 11 is 0. The molecule has 1 saturated heterocycles. The topological polar surface area (TPSA) is 70.3 Å². The van der Waals surface area contributed by atoms with Crippen LogP contribution in [0.5, 0.6) is 5.88 Å². The lowest BCUT2D eigenvalue weighted by Crippen LogP contribution is -2.18. The second-order valence-electron chi connectivity index (χ2n) is 4.03. The van der Waals surface area contributed by atoms with Crippen molar-refractivity contribution in [1.29, 1.82) is 0 Å². The van der Waals surface area contributed by atoms with Gasteiger partial charge in [-0.05, 0) is 26.7 Å². The lowest BCUT2D eigenvalue weighted by atomic mass is 10.2. The number of nitrogen functional groups attached to an aromatic ring is 1. The number of aryl methyl sites for hydroxylation is 1. The van der Waals surface area contributed by atoms with E-state index in [-0.39, 0.29) is 6.10 Å². The molecule has 0 spiro atoms. The van der Waals surface area contributed by atoms with Crippen molar-refractivity contribution in [3.05, 3.63) is 11.4 Å². The molecule has 0 amide bonds. The Labute approximate surface area is 95.0 Å². The van der Waals surface area contributed by atoms with Crippen LogP contribution in [-0.2, 0) is 4.74 Å². The Balaban J connectivity index is 2.02. The van der Waals surface area contributed by atoms with E-state index in [9.17, 15) is 0 Å². The second-order valence-corrected chi connectivity index (χ2v) is 4.03. The first-order valence-corrected chi connectivity index (χ1v) is 5.52. The number of hydrogen-bond donors (Lipinski definition) is 1. The average molecular weight is 223 g/mol. The summed E-state index contributed by atoms with van der Waals surface area (Å²) in [5.74, 6) is 1.68. The van der Waals surface area contributed by atoms with Gasteiger partial charge in [0, 0.05) is 6.61 Å². The number of aromatic nitrogens is 2. The van der Waals surface area contributed by atoms with Gasteiger partial charge >= 0.3 is 0 Å². The van der Waals surface area contributed by atoms with Gasteiger partial charge in [0.1, 0.15) is 18.2 Å². The molecule has 1 aromatic rings. The first-order valence-electron chi connectivity index (χ1n) is 5.52. The highest BCUT2D eigenvalue weighted by Gasteiger charge is 2.17. The summed E-state index contributed by atoms with van der Waals surface area (Å²) in [5.41, 5.74) is 6.54. The highest BCUT2D eigenvalue weighted by Crippen LogP contribution is 2.21. The van der Waals surface area contributed by atoms with E-state index in [1.807, 2.05) is 6.92 Å². The number of rotatable bonds is 3. The monoisotopic (exact) mass is 223 g/mol. The smallest absolute Gasteiger partial charge is 0.221 e. The summed E-state index contributed by atoms with van der Waals surface area (Å²) in [7, 11) is 0. The maximum atomic E-state index is 5.74. The normalized spacial score (nSPS) is 20.0. The lowest BCUT2D eigenvalue weighted by molar-refractivity contribution is 0.0660. The van der Waals surface area contributed by atoms with Gasteiger partial charge in [0.25, 0.3) is 0 Å². The van der Waals surface area contributed by atoms with Crippen LogP contribution in [-0.4, -0.2) is 29.3 Å². The van der Waals surface area contributed by atoms with Crippen LogP contribution in [0.4, 0.5) is 5.82 Å². The fourth-order valence-corrected chi connectivity index (χ4v) is 1.71. The standard InChI is InChI=1S/C11H17N3O2/c1-7-10(12)13-8(2)14-11(7)16-6-9-4-3-5-15-9/h9H,3-6H2,1-2H3,(H2,12,13,14). The van der Waals surface area contributed by atoms with Crippen molar-refractivity contribution >= 4 is 5.82 Å². The summed E-state index contributed by atoms with van der Waals surface area (Å²) in [6.45, 7) is 5.03. The zero-order chi connectivity index (χ0) is 11.5. The van der Waals surface area contributed by atoms with Gasteiger partial charge in [0.05, 0.1) is 11.7 Å². The van der Waals surface area contributed by atoms with Crippen LogP contribution in [0, 0.1) is 13.8 Å². The average Bonchev–Trinajstić information content (AvgIpc) is 2.74. The summed E-state index contributed by atoms with van der Waals surface area (Å²) in [5, 5.41) is 0. The molecular weight excluding hydrogens is 206 g/mol. The molecule has 1 fully saturated rings. The Morgan fingerprint density at radius 3 is 2.94 bits per heavy atom. The predicted octanol–water partition coefficient (Wildman–Crippen LogP) is 1.23. The van der Waals surface area contributed by atoms with Gasteiger partial charge < -0.3 is 15.2 Å². The van der Waals surface area contributed by atoms with Crippen LogP contribution in [0.3, 0.4) is 0 Å². The second kappa shape index (κ2) is 4.65. The molecule has 2 heterocycles. The summed E-state index contributed by atoms with van der Waals surface area (Å²) in [6, 6.07) is 0. The van der Waals surface area contributed by atoms with E-state index in [1.54, 1.807) is 6.92 Å². The van der Waals surface area contributed by atoms with Crippen LogP contribution >= 0.6 is 0 Å². The number of hydrogen-bond acceptors (Lipinski definition) is 5. The molecule has 0 aliphatic carbocycles. The van der Waals surface area contributed by atoms with E-state index >= 15 is 0 Å². The Hall–Kier alpha value is -1.36. The van der Waals surface area contributed by atoms with Crippen LogP contribution in [0.1, 0.15) is 24.2 Å². The SMILES string of the molecule is Cc1nc(N)c(C)c(OCC2CCCO2)n1. The number of nitrogens with two attached hydrogens (primary N) is 1. The van der Waals surface area contributed by atoms with Crippen molar-refractivity contribution in [3.8, 4) is 5.88 Å². The molecule has 1 aromatic heterocycles. The Bertz CT molecular complexity index is 376. The summed E-state index contributed by atoms with van der Waals surface area (Å²) in [4.78, 5) is 8.29. The third-order valence-corrected chi connectivity index (χ3v) is 2.68. The van der Waals surface area contributed by atoms with E-state index in [2.05, 4.69) is 9.97 Å². The minimum atomic E-state index is 0.191. The molecule has 0 saturated carbocycles. The van der Waals surface area contributed by atoms with Gasteiger partial charge in [-0.15, -0.1) is 0 Å². The third-order valence-electron chi connectivity index (χ3n) is 2.68. The van der Waals surface area contributed by atoms with Crippen LogP contribution in [0.15, 0.2) is 0 Å². The maximum absolute atomic E-state index is 5.74. The zero-order valence-corrected chi connectivity index (χ0v) is 9.69. The number of anilines is 1. The number of ether oxygens (including phenoxy) is 2. The van der Waals surface area contributed by atoms with Crippen molar-refractivity contribution in [2.75, 3.05) is 18.9 Å². The summed E-state index contributed by atoms with van der Waals surface area (Å²) in [6.07, 6.45) is 2.35. The molecule has 1 unspecified atom stereocenters. The Morgan fingerprint density at radius 1 is 1.44 bits per heavy atom. The van der Waals surface area contributed by atoms with Gasteiger partial charge in [-0.3, -0.25) is 0 Å². The minimum Gasteiger partial charge on any atom is -0.475 e. The van der Waals surface area contributed by atoms with E-state index in [0.717, 1.165) is 25.0 Å². The van der Waals surface area contributed by atoms with Crippen molar-refractivity contribution in [2.24, 2.45) is 0 Å². The predicted molar refractivity (Wildman–Crippen MR) is 60.4 cm³/mol. The minimum absolute atomic E-state index is 0.191. The fourth-order valence-electron chi connectivity index (χ4n) is 1.71. The maximum Gasteiger partial charge on any atom is 0.221 e. The van der Waals surface area contributed by atoms with E-state index in [0.29, 0.717) is 24.1 Å². The highest BCUT2D eigenvalue weighted by molar-refractivity contribution is 5.44.